The number of aromatic amines is 1. The molecule has 0 amide bonds. The standard InChI is InChI=1S/C28H32N4O2/c1-18-11-25(33)12-19(2)26(18)16-24(32(3)4)17-29-28-30-23(15-27(34)31-28)14-20-9-10-21-7-5-6-8-22(21)13-20/h5-13,15,24,33H,14,16-17H2,1-4H3,(H2,29,30,31,34). The zero-order valence-electron chi connectivity index (χ0n) is 20.2. The van der Waals surface area contributed by atoms with Gasteiger partial charge in [0.1, 0.15) is 5.75 Å². The first kappa shape index (κ1) is 23.5. The number of rotatable bonds is 8. The van der Waals surface area contributed by atoms with E-state index in [1.54, 1.807) is 18.2 Å². The number of aromatic nitrogens is 2. The largest absolute Gasteiger partial charge is 0.508 e. The average molecular weight is 457 g/mol. The van der Waals surface area contributed by atoms with Crippen LogP contribution >= 0.6 is 0 Å². The fourth-order valence-electron chi connectivity index (χ4n) is 4.44. The monoisotopic (exact) mass is 456 g/mol. The second-order valence-corrected chi connectivity index (χ2v) is 9.21. The molecule has 0 radical (unpaired) electrons. The maximum Gasteiger partial charge on any atom is 0.274 e. The van der Waals surface area contributed by atoms with E-state index in [0.29, 0.717) is 24.7 Å². The molecule has 0 saturated heterocycles. The summed E-state index contributed by atoms with van der Waals surface area (Å²) in [6.07, 6.45) is 1.44. The summed E-state index contributed by atoms with van der Waals surface area (Å²) in [6.45, 7) is 4.67. The molecule has 1 atom stereocenters. The first-order valence-electron chi connectivity index (χ1n) is 11.6. The Balaban J connectivity index is 1.49. The van der Waals surface area contributed by atoms with Gasteiger partial charge in [0.2, 0.25) is 5.95 Å². The van der Waals surface area contributed by atoms with Gasteiger partial charge < -0.3 is 20.3 Å². The highest BCUT2D eigenvalue weighted by molar-refractivity contribution is 5.83. The zero-order chi connectivity index (χ0) is 24.2. The predicted molar refractivity (Wildman–Crippen MR) is 139 cm³/mol. The second kappa shape index (κ2) is 10.1. The van der Waals surface area contributed by atoms with Crippen LogP contribution in [0.3, 0.4) is 0 Å². The summed E-state index contributed by atoms with van der Waals surface area (Å²) in [5.74, 6) is 0.776. The van der Waals surface area contributed by atoms with Crippen molar-refractivity contribution in [2.45, 2.75) is 32.7 Å². The lowest BCUT2D eigenvalue weighted by Gasteiger charge is -2.26. The summed E-state index contributed by atoms with van der Waals surface area (Å²) in [7, 11) is 4.09. The third-order valence-electron chi connectivity index (χ3n) is 6.36. The molecule has 4 rings (SSSR count). The normalized spacial score (nSPS) is 12.3. The van der Waals surface area contributed by atoms with Gasteiger partial charge in [0.05, 0.1) is 0 Å². The number of hydrogen-bond acceptors (Lipinski definition) is 5. The molecule has 0 aliphatic carbocycles. The Bertz CT molecular complexity index is 1340. The molecule has 0 aliphatic rings. The van der Waals surface area contributed by atoms with E-state index in [1.165, 1.54) is 16.3 Å². The molecule has 0 aliphatic heterocycles. The zero-order valence-corrected chi connectivity index (χ0v) is 20.2. The van der Waals surface area contributed by atoms with E-state index < -0.39 is 0 Å². The fourth-order valence-corrected chi connectivity index (χ4v) is 4.44. The van der Waals surface area contributed by atoms with E-state index in [2.05, 4.69) is 50.5 Å². The molecule has 6 nitrogen and oxygen atoms in total. The Hall–Kier alpha value is -3.64. The lowest BCUT2D eigenvalue weighted by molar-refractivity contribution is 0.302. The fraction of sp³-hybridized carbons (Fsp3) is 0.286. The van der Waals surface area contributed by atoms with Crippen LogP contribution in [0.15, 0.2) is 65.5 Å². The van der Waals surface area contributed by atoms with Gasteiger partial charge in [-0.1, -0.05) is 42.5 Å². The van der Waals surface area contributed by atoms with Crippen molar-refractivity contribution in [1.29, 1.82) is 0 Å². The van der Waals surface area contributed by atoms with Crippen molar-refractivity contribution in [3.05, 3.63) is 99.0 Å². The summed E-state index contributed by atoms with van der Waals surface area (Å²) >= 11 is 0. The van der Waals surface area contributed by atoms with Crippen LogP contribution in [-0.4, -0.2) is 46.7 Å². The van der Waals surface area contributed by atoms with Gasteiger partial charge in [0.15, 0.2) is 0 Å². The summed E-state index contributed by atoms with van der Waals surface area (Å²) in [5.41, 5.74) is 5.08. The van der Waals surface area contributed by atoms with Gasteiger partial charge in [-0.2, -0.15) is 4.98 Å². The molecule has 0 bridgehead atoms. The number of nitrogens with zero attached hydrogens (tertiary/aromatic N) is 2. The van der Waals surface area contributed by atoms with Crippen molar-refractivity contribution < 1.29 is 5.11 Å². The Labute approximate surface area is 200 Å². The lowest BCUT2D eigenvalue weighted by Crippen LogP contribution is -2.37. The Morgan fingerprint density at radius 3 is 2.41 bits per heavy atom. The molecule has 3 aromatic carbocycles. The summed E-state index contributed by atoms with van der Waals surface area (Å²) < 4.78 is 0. The molecule has 0 fully saturated rings. The number of fused-ring (bicyclic) bond motifs is 1. The molecule has 1 aromatic heterocycles. The van der Waals surface area contributed by atoms with Gasteiger partial charge in [-0.05, 0) is 79.5 Å². The molecule has 0 spiro atoms. The number of H-pyrrole nitrogens is 1. The number of phenols is 1. The third kappa shape index (κ3) is 5.64. The number of nitrogens with one attached hydrogen (secondary N) is 2. The van der Waals surface area contributed by atoms with Gasteiger partial charge in [-0.15, -0.1) is 0 Å². The minimum Gasteiger partial charge on any atom is -0.508 e. The van der Waals surface area contributed by atoms with Crippen LogP contribution < -0.4 is 10.9 Å². The number of benzene rings is 3. The van der Waals surface area contributed by atoms with Gasteiger partial charge in [0.25, 0.3) is 5.56 Å². The second-order valence-electron chi connectivity index (χ2n) is 9.21. The SMILES string of the molecule is Cc1cc(O)cc(C)c1CC(CNc1nc(=O)cc(Cc2ccc3ccccc3c2)[nH]1)N(C)C. The van der Waals surface area contributed by atoms with Crippen molar-refractivity contribution in [3.63, 3.8) is 0 Å². The van der Waals surface area contributed by atoms with Crippen LogP contribution in [0.2, 0.25) is 0 Å². The molecule has 176 valence electrons. The predicted octanol–water partition coefficient (Wildman–Crippen LogP) is 4.42. The summed E-state index contributed by atoms with van der Waals surface area (Å²) in [4.78, 5) is 21.9. The topological polar surface area (TPSA) is 81.2 Å². The van der Waals surface area contributed by atoms with Gasteiger partial charge >= 0.3 is 0 Å². The first-order chi connectivity index (χ1) is 16.3. The maximum absolute atomic E-state index is 12.3. The van der Waals surface area contributed by atoms with Crippen LogP contribution in [0.5, 0.6) is 5.75 Å². The number of likely N-dealkylation sites (N-methyl/N-ethyl adjacent to an activating group) is 1. The number of anilines is 1. The summed E-state index contributed by atoms with van der Waals surface area (Å²) in [6, 6.07) is 20.0. The van der Waals surface area contributed by atoms with Crippen molar-refractivity contribution in [2.24, 2.45) is 0 Å². The van der Waals surface area contributed by atoms with E-state index >= 15 is 0 Å². The molecule has 3 N–H and O–H groups in total. The molecule has 0 saturated carbocycles. The lowest BCUT2D eigenvalue weighted by atomic mass is 9.95. The van der Waals surface area contributed by atoms with Crippen molar-refractivity contribution in [2.75, 3.05) is 26.0 Å². The van der Waals surface area contributed by atoms with Gasteiger partial charge in [-0.3, -0.25) is 4.79 Å². The van der Waals surface area contributed by atoms with Crippen molar-refractivity contribution >= 4 is 16.7 Å². The highest BCUT2D eigenvalue weighted by Gasteiger charge is 2.16. The van der Waals surface area contributed by atoms with Crippen LogP contribution in [0.25, 0.3) is 10.8 Å². The highest BCUT2D eigenvalue weighted by Crippen LogP contribution is 2.23. The number of aryl methyl sites for hydroxylation is 2. The van der Waals surface area contributed by atoms with E-state index in [4.69, 9.17) is 0 Å². The van der Waals surface area contributed by atoms with Crippen molar-refractivity contribution in [1.82, 2.24) is 14.9 Å². The molecular weight excluding hydrogens is 424 g/mol. The first-order valence-corrected chi connectivity index (χ1v) is 11.6. The van der Waals surface area contributed by atoms with Crippen LogP contribution in [0, 0.1) is 13.8 Å². The van der Waals surface area contributed by atoms with E-state index in [1.807, 2.05) is 40.1 Å². The summed E-state index contributed by atoms with van der Waals surface area (Å²) in [5, 5.41) is 15.6. The van der Waals surface area contributed by atoms with Gasteiger partial charge in [0, 0.05) is 30.8 Å². The highest BCUT2D eigenvalue weighted by atomic mass is 16.3. The van der Waals surface area contributed by atoms with Crippen molar-refractivity contribution in [3.8, 4) is 5.75 Å². The minimum atomic E-state index is -0.260. The Kier molecular flexibility index (Phi) is 6.98. The molecule has 34 heavy (non-hydrogen) atoms. The number of phenolic OH excluding ortho intramolecular Hbond substituents is 1. The third-order valence-corrected chi connectivity index (χ3v) is 6.36. The number of hydrogen-bond donors (Lipinski definition) is 3. The van der Waals surface area contributed by atoms with Crippen LogP contribution in [0.1, 0.15) is 27.9 Å². The quantitative estimate of drug-likeness (QED) is 0.366. The minimum absolute atomic E-state index is 0.177. The Morgan fingerprint density at radius 1 is 1.00 bits per heavy atom. The van der Waals surface area contributed by atoms with E-state index in [-0.39, 0.29) is 11.6 Å². The van der Waals surface area contributed by atoms with E-state index in [0.717, 1.165) is 28.8 Å². The molecule has 4 aromatic rings. The van der Waals surface area contributed by atoms with Crippen LogP contribution in [0.4, 0.5) is 5.95 Å². The Morgan fingerprint density at radius 2 is 1.71 bits per heavy atom. The van der Waals surface area contributed by atoms with Gasteiger partial charge in [-0.25, -0.2) is 0 Å². The molecule has 6 heteroatoms. The van der Waals surface area contributed by atoms with E-state index in [9.17, 15) is 9.90 Å². The molecule has 1 unspecified atom stereocenters. The molecule has 1 heterocycles. The smallest absolute Gasteiger partial charge is 0.274 e. The number of aromatic hydroxyl groups is 1. The molecular formula is C28H32N4O2. The van der Waals surface area contributed by atoms with Crippen LogP contribution in [-0.2, 0) is 12.8 Å². The maximum atomic E-state index is 12.3. The average Bonchev–Trinajstić information content (AvgIpc) is 2.77.